The number of nitrogens with zero attached hydrogens (tertiary/aromatic N) is 1. The van der Waals surface area contributed by atoms with Gasteiger partial charge in [0.15, 0.2) is 0 Å². The van der Waals surface area contributed by atoms with Gasteiger partial charge in [0.2, 0.25) is 0 Å². The monoisotopic (exact) mass is 187 g/mol. The SMILES string of the molecule is S=c1ccccn1-c1ccccc1. The third kappa shape index (κ3) is 1.68. The molecule has 0 amide bonds. The Labute approximate surface area is 82.3 Å². The van der Waals surface area contributed by atoms with E-state index in [9.17, 15) is 0 Å². The van der Waals surface area contributed by atoms with Gasteiger partial charge in [-0.1, -0.05) is 36.5 Å². The van der Waals surface area contributed by atoms with Crippen LogP contribution < -0.4 is 0 Å². The van der Waals surface area contributed by atoms with Crippen molar-refractivity contribution >= 4 is 12.2 Å². The zero-order valence-electron chi connectivity index (χ0n) is 7.05. The Balaban J connectivity index is 2.60. The first kappa shape index (κ1) is 8.20. The lowest BCUT2D eigenvalue weighted by molar-refractivity contribution is 1.03. The molecule has 1 aromatic heterocycles. The van der Waals surface area contributed by atoms with Gasteiger partial charge in [0, 0.05) is 11.9 Å². The van der Waals surface area contributed by atoms with Gasteiger partial charge in [-0.05, 0) is 24.3 Å². The molecule has 0 N–H and O–H groups in total. The summed E-state index contributed by atoms with van der Waals surface area (Å²) in [4.78, 5) is 0. The van der Waals surface area contributed by atoms with E-state index in [1.165, 1.54) is 0 Å². The molecule has 0 saturated heterocycles. The van der Waals surface area contributed by atoms with E-state index < -0.39 is 0 Å². The van der Waals surface area contributed by atoms with Crippen molar-refractivity contribution in [2.75, 3.05) is 0 Å². The van der Waals surface area contributed by atoms with Crippen LogP contribution in [-0.2, 0) is 0 Å². The molecule has 1 aromatic carbocycles. The second-order valence-corrected chi connectivity index (χ2v) is 3.16. The highest BCUT2D eigenvalue weighted by Gasteiger charge is 1.92. The number of pyridine rings is 1. The highest BCUT2D eigenvalue weighted by molar-refractivity contribution is 7.71. The van der Waals surface area contributed by atoms with Crippen molar-refractivity contribution in [3.8, 4) is 5.69 Å². The lowest BCUT2D eigenvalue weighted by Gasteiger charge is -2.04. The Kier molecular flexibility index (Phi) is 2.23. The largest absolute Gasteiger partial charge is 0.308 e. The highest BCUT2D eigenvalue weighted by Crippen LogP contribution is 2.07. The Morgan fingerprint density at radius 1 is 0.846 bits per heavy atom. The van der Waals surface area contributed by atoms with Gasteiger partial charge >= 0.3 is 0 Å². The van der Waals surface area contributed by atoms with Crippen molar-refractivity contribution < 1.29 is 0 Å². The molecule has 0 radical (unpaired) electrons. The average molecular weight is 187 g/mol. The van der Waals surface area contributed by atoms with Crippen LogP contribution >= 0.6 is 12.2 Å². The number of rotatable bonds is 1. The van der Waals surface area contributed by atoms with Crippen molar-refractivity contribution in [2.24, 2.45) is 0 Å². The van der Waals surface area contributed by atoms with Crippen molar-refractivity contribution in [1.29, 1.82) is 0 Å². The fourth-order valence-corrected chi connectivity index (χ4v) is 1.47. The van der Waals surface area contributed by atoms with Crippen molar-refractivity contribution in [3.05, 3.63) is 59.4 Å². The molecule has 0 aliphatic carbocycles. The van der Waals surface area contributed by atoms with Gasteiger partial charge in [0.1, 0.15) is 4.64 Å². The van der Waals surface area contributed by atoms with Gasteiger partial charge in [-0.25, -0.2) is 0 Å². The molecule has 2 rings (SSSR count). The smallest absolute Gasteiger partial charge is 0.110 e. The molecular formula is C11H9NS. The van der Waals surface area contributed by atoms with Gasteiger partial charge < -0.3 is 4.57 Å². The van der Waals surface area contributed by atoms with Crippen LogP contribution in [0, 0.1) is 4.64 Å². The molecule has 1 heterocycles. The fourth-order valence-electron chi connectivity index (χ4n) is 1.23. The normalized spacial score (nSPS) is 9.85. The van der Waals surface area contributed by atoms with Crippen LogP contribution in [0.3, 0.4) is 0 Å². The zero-order chi connectivity index (χ0) is 9.10. The van der Waals surface area contributed by atoms with Gasteiger partial charge in [-0.2, -0.15) is 0 Å². The van der Waals surface area contributed by atoms with Crippen LogP contribution in [0.5, 0.6) is 0 Å². The summed E-state index contributed by atoms with van der Waals surface area (Å²) >= 11 is 5.20. The van der Waals surface area contributed by atoms with Crippen LogP contribution in [0.2, 0.25) is 0 Å². The summed E-state index contributed by atoms with van der Waals surface area (Å²) in [6, 6.07) is 15.9. The van der Waals surface area contributed by atoms with Crippen LogP contribution in [0.4, 0.5) is 0 Å². The molecule has 2 heteroatoms. The lowest BCUT2D eigenvalue weighted by Crippen LogP contribution is -1.93. The third-order valence-electron chi connectivity index (χ3n) is 1.86. The molecule has 0 bridgehead atoms. The Morgan fingerprint density at radius 2 is 1.54 bits per heavy atom. The quantitative estimate of drug-likeness (QED) is 0.621. The molecule has 13 heavy (non-hydrogen) atoms. The first-order valence-corrected chi connectivity index (χ1v) is 4.52. The second kappa shape index (κ2) is 3.54. The molecule has 0 atom stereocenters. The molecule has 0 aliphatic heterocycles. The maximum absolute atomic E-state index is 5.20. The molecule has 0 saturated carbocycles. The minimum absolute atomic E-state index is 0.828. The fraction of sp³-hybridized carbons (Fsp3) is 0. The average Bonchev–Trinajstić information content (AvgIpc) is 2.20. The van der Waals surface area contributed by atoms with Gasteiger partial charge in [0.05, 0.1) is 0 Å². The van der Waals surface area contributed by atoms with E-state index in [4.69, 9.17) is 12.2 Å². The van der Waals surface area contributed by atoms with E-state index >= 15 is 0 Å². The van der Waals surface area contributed by atoms with Crippen LogP contribution in [0.25, 0.3) is 5.69 Å². The van der Waals surface area contributed by atoms with E-state index in [1.54, 1.807) is 0 Å². The van der Waals surface area contributed by atoms with Crippen LogP contribution in [0.15, 0.2) is 54.7 Å². The molecule has 0 unspecified atom stereocenters. The van der Waals surface area contributed by atoms with E-state index in [-0.39, 0.29) is 0 Å². The number of benzene rings is 1. The summed E-state index contributed by atoms with van der Waals surface area (Å²) in [5.74, 6) is 0. The highest BCUT2D eigenvalue weighted by atomic mass is 32.1. The standard InChI is InChI=1S/C11H9NS/c13-11-8-4-5-9-12(11)10-6-2-1-3-7-10/h1-9H. The van der Waals surface area contributed by atoms with Gasteiger partial charge in [-0.3, -0.25) is 0 Å². The Bertz CT molecular complexity index is 445. The zero-order valence-corrected chi connectivity index (χ0v) is 7.87. The van der Waals surface area contributed by atoms with Crippen molar-refractivity contribution in [3.63, 3.8) is 0 Å². The third-order valence-corrected chi connectivity index (χ3v) is 2.19. The number of hydrogen-bond donors (Lipinski definition) is 0. The first-order valence-electron chi connectivity index (χ1n) is 4.11. The predicted octanol–water partition coefficient (Wildman–Crippen LogP) is 3.21. The summed E-state index contributed by atoms with van der Waals surface area (Å²) in [6.45, 7) is 0. The van der Waals surface area contributed by atoms with E-state index in [0.717, 1.165) is 10.3 Å². The minimum Gasteiger partial charge on any atom is -0.308 e. The molecular weight excluding hydrogens is 178 g/mol. The molecule has 64 valence electrons. The summed E-state index contributed by atoms with van der Waals surface area (Å²) in [6.07, 6.45) is 1.97. The van der Waals surface area contributed by atoms with E-state index in [2.05, 4.69) is 0 Å². The summed E-state index contributed by atoms with van der Waals surface area (Å²) in [5, 5.41) is 0. The number of aromatic nitrogens is 1. The second-order valence-electron chi connectivity index (χ2n) is 2.74. The van der Waals surface area contributed by atoms with Crippen LogP contribution in [0.1, 0.15) is 0 Å². The summed E-state index contributed by atoms with van der Waals surface area (Å²) in [5.41, 5.74) is 1.10. The lowest BCUT2D eigenvalue weighted by atomic mass is 10.3. The summed E-state index contributed by atoms with van der Waals surface area (Å²) < 4.78 is 2.81. The Hall–Kier alpha value is -1.41. The Morgan fingerprint density at radius 3 is 2.23 bits per heavy atom. The molecule has 0 spiro atoms. The van der Waals surface area contributed by atoms with E-state index in [1.807, 2.05) is 59.3 Å². The molecule has 2 aromatic rings. The van der Waals surface area contributed by atoms with Crippen molar-refractivity contribution in [1.82, 2.24) is 4.57 Å². The number of para-hydroxylation sites is 1. The molecule has 0 aliphatic rings. The van der Waals surface area contributed by atoms with Gasteiger partial charge in [-0.15, -0.1) is 0 Å². The molecule has 1 nitrogen and oxygen atoms in total. The van der Waals surface area contributed by atoms with Crippen LogP contribution in [-0.4, -0.2) is 4.57 Å². The maximum Gasteiger partial charge on any atom is 0.110 e. The molecule has 0 fully saturated rings. The predicted molar refractivity (Wildman–Crippen MR) is 56.6 cm³/mol. The maximum atomic E-state index is 5.20. The topological polar surface area (TPSA) is 4.93 Å². The van der Waals surface area contributed by atoms with Crippen molar-refractivity contribution in [2.45, 2.75) is 0 Å². The minimum atomic E-state index is 0.828. The van der Waals surface area contributed by atoms with E-state index in [0.29, 0.717) is 0 Å². The first-order chi connectivity index (χ1) is 6.38. The number of hydrogen-bond acceptors (Lipinski definition) is 1. The van der Waals surface area contributed by atoms with Gasteiger partial charge in [0.25, 0.3) is 0 Å². The summed E-state index contributed by atoms with van der Waals surface area (Å²) in [7, 11) is 0.